The molecule has 4 aromatic rings. The molecule has 0 N–H and O–H groups in total. The number of rotatable bonds is 5. The van der Waals surface area contributed by atoms with Crippen LogP contribution < -0.4 is 0 Å². The van der Waals surface area contributed by atoms with Gasteiger partial charge >= 0.3 is 0 Å². The largest absolute Gasteiger partial charge is 0.324 e. The van der Waals surface area contributed by atoms with E-state index in [0.29, 0.717) is 10.9 Å². The summed E-state index contributed by atoms with van der Waals surface area (Å²) in [6.07, 6.45) is 0. The Morgan fingerprint density at radius 3 is 2.74 bits per heavy atom. The zero-order valence-electron chi connectivity index (χ0n) is 15.6. The van der Waals surface area contributed by atoms with Gasteiger partial charge in [-0.2, -0.15) is 0 Å². The molecule has 2 aromatic heterocycles. The van der Waals surface area contributed by atoms with Crippen LogP contribution in [0.3, 0.4) is 0 Å². The first-order chi connectivity index (χ1) is 13.1. The molecule has 136 valence electrons. The Bertz CT molecular complexity index is 1170. The van der Waals surface area contributed by atoms with E-state index in [1.54, 1.807) is 0 Å². The second-order valence-electron chi connectivity index (χ2n) is 6.56. The molecule has 0 unspecified atom stereocenters. The summed E-state index contributed by atoms with van der Waals surface area (Å²) < 4.78 is 2.13. The minimum absolute atomic E-state index is 0.0842. The normalized spacial score (nSPS) is 11.4. The number of fused-ring (bicyclic) bond motifs is 3. The maximum atomic E-state index is 12.6. The highest BCUT2D eigenvalue weighted by atomic mass is 32.2. The number of carbonyl (C=O) groups excluding carboxylic acids is 1. The Morgan fingerprint density at radius 1 is 1.11 bits per heavy atom. The second kappa shape index (κ2) is 7.12. The summed E-state index contributed by atoms with van der Waals surface area (Å²) in [5.74, 6) is 0.380. The summed E-state index contributed by atoms with van der Waals surface area (Å²) in [6, 6.07) is 14.1. The molecule has 0 saturated heterocycles. The molecule has 0 aliphatic heterocycles. The van der Waals surface area contributed by atoms with Gasteiger partial charge in [0.05, 0.1) is 11.3 Å². The molecule has 2 aromatic carbocycles. The van der Waals surface area contributed by atoms with Crippen LogP contribution in [0.5, 0.6) is 0 Å². The van der Waals surface area contributed by atoms with Crippen molar-refractivity contribution in [1.29, 1.82) is 0 Å². The lowest BCUT2D eigenvalue weighted by Gasteiger charge is -2.06. The average Bonchev–Trinajstić information content (AvgIpc) is 3.01. The number of aromatic nitrogens is 4. The summed E-state index contributed by atoms with van der Waals surface area (Å²) >= 11 is 1.33. The van der Waals surface area contributed by atoms with Gasteiger partial charge < -0.3 is 4.57 Å². The number of hydrogen-bond donors (Lipinski definition) is 0. The molecule has 0 aliphatic carbocycles. The Labute approximate surface area is 161 Å². The van der Waals surface area contributed by atoms with Crippen molar-refractivity contribution in [3.8, 4) is 0 Å². The van der Waals surface area contributed by atoms with Crippen molar-refractivity contribution in [1.82, 2.24) is 19.7 Å². The molecular formula is C21H20N4OS. The number of Topliss-reactive ketones (excluding diaryl/α,β-unsaturated/α-hetero) is 1. The third-order valence-electron chi connectivity index (χ3n) is 4.70. The highest BCUT2D eigenvalue weighted by molar-refractivity contribution is 7.99. The number of thioether (sulfide) groups is 1. The van der Waals surface area contributed by atoms with E-state index in [2.05, 4.69) is 32.7 Å². The highest BCUT2D eigenvalue weighted by Gasteiger charge is 2.15. The molecular weight excluding hydrogens is 356 g/mol. The van der Waals surface area contributed by atoms with Gasteiger partial charge in [0.1, 0.15) is 5.52 Å². The van der Waals surface area contributed by atoms with Crippen molar-refractivity contribution in [2.75, 3.05) is 5.75 Å². The number of hydrogen-bond acceptors (Lipinski definition) is 5. The van der Waals surface area contributed by atoms with Gasteiger partial charge in [-0.05, 0) is 38.5 Å². The number of nitrogens with zero attached hydrogens (tertiary/aromatic N) is 4. The van der Waals surface area contributed by atoms with E-state index in [-0.39, 0.29) is 5.78 Å². The van der Waals surface area contributed by atoms with Crippen LogP contribution in [-0.2, 0) is 6.54 Å². The highest BCUT2D eigenvalue weighted by Crippen LogP contribution is 2.27. The van der Waals surface area contributed by atoms with Crippen molar-refractivity contribution < 1.29 is 4.79 Å². The van der Waals surface area contributed by atoms with E-state index < -0.39 is 0 Å². The molecule has 0 atom stereocenters. The molecule has 0 fully saturated rings. The molecule has 0 bridgehead atoms. The molecule has 0 aliphatic rings. The number of benzene rings is 2. The quantitative estimate of drug-likeness (QED) is 0.376. The van der Waals surface area contributed by atoms with Crippen molar-refractivity contribution >= 4 is 39.6 Å². The van der Waals surface area contributed by atoms with Crippen molar-refractivity contribution in [3.63, 3.8) is 0 Å². The van der Waals surface area contributed by atoms with Gasteiger partial charge in [0.25, 0.3) is 0 Å². The van der Waals surface area contributed by atoms with Gasteiger partial charge in [-0.25, -0.2) is 4.98 Å². The van der Waals surface area contributed by atoms with Gasteiger partial charge in [0.2, 0.25) is 5.16 Å². The van der Waals surface area contributed by atoms with E-state index >= 15 is 0 Å². The summed E-state index contributed by atoms with van der Waals surface area (Å²) in [7, 11) is 0. The van der Waals surface area contributed by atoms with E-state index in [4.69, 9.17) is 0 Å². The van der Waals surface area contributed by atoms with Crippen LogP contribution >= 0.6 is 11.8 Å². The lowest BCUT2D eigenvalue weighted by Crippen LogP contribution is -2.06. The fourth-order valence-electron chi connectivity index (χ4n) is 3.31. The van der Waals surface area contributed by atoms with Gasteiger partial charge in [-0.1, -0.05) is 47.7 Å². The Balaban J connectivity index is 1.64. The van der Waals surface area contributed by atoms with E-state index in [1.165, 1.54) is 11.8 Å². The zero-order chi connectivity index (χ0) is 19.0. The van der Waals surface area contributed by atoms with E-state index in [9.17, 15) is 4.79 Å². The van der Waals surface area contributed by atoms with Crippen LogP contribution in [-0.4, -0.2) is 31.3 Å². The van der Waals surface area contributed by atoms with Crippen molar-refractivity contribution in [2.24, 2.45) is 0 Å². The first kappa shape index (κ1) is 17.7. The van der Waals surface area contributed by atoms with Crippen LogP contribution in [0.4, 0.5) is 0 Å². The van der Waals surface area contributed by atoms with Crippen LogP contribution in [0.1, 0.15) is 28.4 Å². The number of para-hydroxylation sites is 1. The minimum Gasteiger partial charge on any atom is -0.324 e. The van der Waals surface area contributed by atoms with Crippen molar-refractivity contribution in [2.45, 2.75) is 32.5 Å². The number of ketones is 1. The Hall–Kier alpha value is -2.73. The monoisotopic (exact) mass is 376 g/mol. The fraction of sp³-hybridized carbons (Fsp3) is 0.238. The molecule has 0 radical (unpaired) electrons. The molecule has 5 nitrogen and oxygen atoms in total. The number of carbonyl (C=O) groups is 1. The Morgan fingerprint density at radius 2 is 1.93 bits per heavy atom. The maximum Gasteiger partial charge on any atom is 0.211 e. The smallest absolute Gasteiger partial charge is 0.211 e. The minimum atomic E-state index is 0.0842. The summed E-state index contributed by atoms with van der Waals surface area (Å²) in [5, 5.41) is 10.2. The summed E-state index contributed by atoms with van der Waals surface area (Å²) in [6.45, 7) is 6.84. The third kappa shape index (κ3) is 3.21. The molecule has 2 heterocycles. The van der Waals surface area contributed by atoms with Crippen LogP contribution in [0.2, 0.25) is 0 Å². The van der Waals surface area contributed by atoms with Crippen molar-refractivity contribution in [3.05, 3.63) is 59.2 Å². The Kier molecular flexibility index (Phi) is 4.66. The van der Waals surface area contributed by atoms with E-state index in [0.717, 1.165) is 45.3 Å². The second-order valence-corrected chi connectivity index (χ2v) is 7.50. The van der Waals surface area contributed by atoms with Crippen LogP contribution in [0, 0.1) is 13.8 Å². The van der Waals surface area contributed by atoms with Gasteiger partial charge in [-0.15, -0.1) is 10.2 Å². The molecule has 6 heteroatoms. The SMILES string of the molecule is CCn1c2ccccc2c2nnc(SCC(=O)c3cc(C)ccc3C)nc21. The predicted molar refractivity (Wildman–Crippen MR) is 109 cm³/mol. The van der Waals surface area contributed by atoms with Gasteiger partial charge in [-0.3, -0.25) is 4.79 Å². The lowest BCUT2D eigenvalue weighted by atomic mass is 10.0. The summed E-state index contributed by atoms with van der Waals surface area (Å²) in [4.78, 5) is 17.3. The van der Waals surface area contributed by atoms with E-state index in [1.807, 2.05) is 50.2 Å². The topological polar surface area (TPSA) is 60.7 Å². The maximum absolute atomic E-state index is 12.6. The van der Waals surface area contributed by atoms with Crippen LogP contribution in [0.25, 0.3) is 22.1 Å². The summed E-state index contributed by atoms with van der Waals surface area (Å²) in [5.41, 5.74) is 5.56. The first-order valence-electron chi connectivity index (χ1n) is 8.93. The molecule has 0 spiro atoms. The lowest BCUT2D eigenvalue weighted by molar-refractivity contribution is 0.102. The average molecular weight is 376 g/mol. The molecule has 4 rings (SSSR count). The standard InChI is InChI=1S/C21H20N4OS/c1-4-25-17-8-6-5-7-15(17)19-20(25)22-21(24-23-19)27-12-18(26)16-11-13(2)9-10-14(16)3/h5-11H,4,12H2,1-3H3. The van der Waals surface area contributed by atoms with Gasteiger partial charge in [0, 0.05) is 17.5 Å². The predicted octanol–water partition coefficient (Wildman–Crippen LogP) is 4.59. The fourth-order valence-corrected chi connectivity index (χ4v) is 3.98. The molecule has 0 amide bonds. The van der Waals surface area contributed by atoms with Crippen LogP contribution in [0.15, 0.2) is 47.6 Å². The molecule has 27 heavy (non-hydrogen) atoms. The molecule has 0 saturated carbocycles. The zero-order valence-corrected chi connectivity index (χ0v) is 16.4. The van der Waals surface area contributed by atoms with Gasteiger partial charge in [0.15, 0.2) is 11.4 Å². The number of aryl methyl sites for hydroxylation is 3. The third-order valence-corrected chi connectivity index (χ3v) is 5.53. The first-order valence-corrected chi connectivity index (χ1v) is 9.92.